The number of nitrogens with zero attached hydrogens (tertiary/aromatic N) is 3. The molecule has 1 aromatic carbocycles. The maximum atomic E-state index is 15.4. The fraction of sp³-hybridized carbons (Fsp3) is 0.622. The first-order valence-electron chi connectivity index (χ1n) is 20.9. The minimum absolute atomic E-state index is 0.202. The molecule has 4 unspecified atom stereocenters. The van der Waals surface area contributed by atoms with Gasteiger partial charge in [0.25, 0.3) is 0 Å². The van der Waals surface area contributed by atoms with Crippen LogP contribution >= 0.6 is 0 Å². The summed E-state index contributed by atoms with van der Waals surface area (Å²) in [5.41, 5.74) is -1.48. The number of allylic oxidation sites excluding steroid dienone is 1. The van der Waals surface area contributed by atoms with E-state index < -0.39 is 69.8 Å². The highest BCUT2D eigenvalue weighted by Gasteiger charge is 2.79. The molecule has 1 spiro atoms. The number of ether oxygens (including phenoxy) is 4. The van der Waals surface area contributed by atoms with Crippen LogP contribution in [0.25, 0.3) is 10.9 Å². The lowest BCUT2D eigenvalue weighted by Crippen LogP contribution is -2.78. The Bertz CT molecular complexity index is 2180. The van der Waals surface area contributed by atoms with Gasteiger partial charge >= 0.3 is 11.9 Å². The minimum atomic E-state index is -2.94. The molecular weight excluding hydrogens is 763 g/mol. The summed E-state index contributed by atoms with van der Waals surface area (Å²) in [4.78, 5) is 51.8. The maximum Gasteiger partial charge on any atom is 0.318 e. The molecule has 6 heterocycles. The van der Waals surface area contributed by atoms with Crippen molar-refractivity contribution in [3.8, 4) is 5.75 Å². The molecule has 0 radical (unpaired) electrons. The predicted octanol–water partition coefficient (Wildman–Crippen LogP) is 4.76. The van der Waals surface area contributed by atoms with Crippen molar-refractivity contribution in [2.75, 3.05) is 54.6 Å². The number of carbonyl (C=O) groups is 3. The van der Waals surface area contributed by atoms with E-state index in [0.29, 0.717) is 56.8 Å². The number of alkyl halides is 2. The third kappa shape index (κ3) is 5.34. The van der Waals surface area contributed by atoms with Crippen LogP contribution in [0, 0.1) is 28.6 Å². The summed E-state index contributed by atoms with van der Waals surface area (Å²) in [6.07, 6.45) is 8.38. The van der Waals surface area contributed by atoms with Gasteiger partial charge in [-0.15, -0.1) is 0 Å². The number of methoxy groups -OCH3 is 3. The lowest BCUT2D eigenvalue weighted by molar-refractivity contribution is -0.226. The summed E-state index contributed by atoms with van der Waals surface area (Å²) < 4.78 is 54.8. The molecule has 12 atom stereocenters. The van der Waals surface area contributed by atoms with E-state index >= 15 is 13.6 Å². The third-order valence-electron chi connectivity index (χ3n) is 15.7. The van der Waals surface area contributed by atoms with Crippen molar-refractivity contribution in [3.63, 3.8) is 0 Å². The fourth-order valence-electron chi connectivity index (χ4n) is 13.6. The summed E-state index contributed by atoms with van der Waals surface area (Å²) in [6, 6.07) is 4.57. The van der Waals surface area contributed by atoms with Crippen LogP contribution < -0.4 is 4.74 Å². The first kappa shape index (κ1) is 40.3. The zero-order valence-corrected chi connectivity index (χ0v) is 34.9. The van der Waals surface area contributed by atoms with Gasteiger partial charge < -0.3 is 33.9 Å². The Morgan fingerprint density at radius 2 is 1.92 bits per heavy atom. The SMILES string of the molecule is CC[C@]12C=CCN3CC[C@@]4(C5=CC([C@@]6(C(=O)OC)C[C@H]7CC(C(C)(F)F)CN(Cc8c6[nH]c6ccc(OC)cc86)C7)C(OC)C=C5N(C)[C@H]4[C@@](O)(C=O)[C@@H]1OC(C)=O)[C@@H]32. The number of likely N-dealkylation sites (N-methyl/N-ethyl adjacent to an activating group) is 1. The van der Waals surface area contributed by atoms with Crippen molar-refractivity contribution in [2.24, 2.45) is 28.6 Å². The molecule has 0 amide bonds. The van der Waals surface area contributed by atoms with Crippen molar-refractivity contribution in [2.45, 2.75) is 94.2 Å². The van der Waals surface area contributed by atoms with Crippen LogP contribution in [0.3, 0.4) is 0 Å². The van der Waals surface area contributed by atoms with Crippen LogP contribution in [0.1, 0.15) is 57.7 Å². The molecule has 7 aliphatic rings. The van der Waals surface area contributed by atoms with Crippen LogP contribution in [0.5, 0.6) is 5.75 Å². The molecular formula is C45H56F2N4O8. The van der Waals surface area contributed by atoms with Crippen molar-refractivity contribution in [3.05, 3.63) is 65.0 Å². The standard InChI is InChI=1S/C45H56F2N4O8/c1-8-42-12-9-14-51-15-13-43(37(42)51)31-18-32(35(57-6)19-34(31)49(4)38(43)45(55,24-52)39(42)59-25(2)53)44(40(54)58-7)20-26-16-27(41(3,46)47)22-50(21-26)23-30-29-17-28(56-5)10-11-33(29)48-36(30)44/h9-12,17-19,24,26-27,32,35,37-39,48,55H,8,13-16,20-23H2,1-7H3/t26-,27?,32?,35?,37+,38-,39-,42-,43-,44+,45+/m1/s1. The van der Waals surface area contributed by atoms with Crippen LogP contribution in [0.15, 0.2) is 53.8 Å². The Kier molecular flexibility index (Phi) is 9.36. The first-order chi connectivity index (χ1) is 28.1. The van der Waals surface area contributed by atoms with Gasteiger partial charge in [0.15, 0.2) is 11.9 Å². The van der Waals surface area contributed by atoms with Crippen molar-refractivity contribution in [1.29, 1.82) is 0 Å². The quantitative estimate of drug-likeness (QED) is 0.217. The number of aromatic nitrogens is 1. The smallest absolute Gasteiger partial charge is 0.318 e. The number of aromatic amines is 1. The van der Waals surface area contributed by atoms with E-state index in [-0.39, 0.29) is 31.3 Å². The van der Waals surface area contributed by atoms with Crippen molar-refractivity contribution < 1.29 is 47.2 Å². The number of hydrogen-bond donors (Lipinski definition) is 2. The molecule has 2 N–H and O–H groups in total. The molecule has 9 rings (SSSR count). The number of piperidine rings is 1. The number of likely N-dealkylation sites (tertiary alicyclic amines) is 1. The minimum Gasteiger partial charge on any atom is -0.497 e. The molecule has 3 saturated heterocycles. The topological polar surface area (TPSA) is 134 Å². The summed E-state index contributed by atoms with van der Waals surface area (Å²) >= 11 is 0. The number of H-pyrrole nitrogens is 1. The number of hydrogen-bond acceptors (Lipinski definition) is 11. The number of halogens is 2. The van der Waals surface area contributed by atoms with Gasteiger partial charge in [0.1, 0.15) is 17.3 Å². The molecule has 14 heteroatoms. The Balaban J connectivity index is 1.32. The molecule has 4 fully saturated rings. The Morgan fingerprint density at radius 1 is 1.14 bits per heavy atom. The van der Waals surface area contributed by atoms with Gasteiger partial charge in [-0.3, -0.25) is 24.2 Å². The largest absolute Gasteiger partial charge is 0.497 e. The highest BCUT2D eigenvalue weighted by molar-refractivity contribution is 5.92. The zero-order chi connectivity index (χ0) is 42.0. The van der Waals surface area contributed by atoms with Gasteiger partial charge in [-0.1, -0.05) is 25.2 Å². The molecule has 2 aromatic rings. The van der Waals surface area contributed by atoms with Crippen LogP contribution in [0.2, 0.25) is 0 Å². The van der Waals surface area contributed by atoms with Gasteiger partial charge in [0, 0.05) is 98.3 Å². The molecule has 12 nitrogen and oxygen atoms in total. The van der Waals surface area contributed by atoms with E-state index in [2.05, 4.69) is 20.9 Å². The third-order valence-corrected chi connectivity index (χ3v) is 15.7. The first-order valence-corrected chi connectivity index (χ1v) is 20.9. The summed E-state index contributed by atoms with van der Waals surface area (Å²) in [7, 11) is 6.43. The number of aliphatic hydroxyl groups is 1. The molecule has 59 heavy (non-hydrogen) atoms. The predicted molar refractivity (Wildman–Crippen MR) is 214 cm³/mol. The van der Waals surface area contributed by atoms with Gasteiger partial charge in [-0.2, -0.15) is 0 Å². The normalized spacial score (nSPS) is 39.8. The number of esters is 2. The second-order valence-corrected chi connectivity index (χ2v) is 18.4. The molecule has 2 bridgehead atoms. The monoisotopic (exact) mass is 818 g/mol. The second-order valence-electron chi connectivity index (χ2n) is 18.4. The number of rotatable bonds is 8. The van der Waals surface area contributed by atoms with Crippen LogP contribution in [-0.4, -0.2) is 133 Å². The van der Waals surface area contributed by atoms with Gasteiger partial charge in [0.2, 0.25) is 5.92 Å². The number of fused-ring (bicyclic) bond motifs is 6. The van der Waals surface area contributed by atoms with E-state index in [0.717, 1.165) is 34.7 Å². The van der Waals surface area contributed by atoms with Crippen LogP contribution in [0.4, 0.5) is 8.78 Å². The number of aldehydes is 1. The second kappa shape index (κ2) is 13.7. The Morgan fingerprint density at radius 3 is 2.58 bits per heavy atom. The highest BCUT2D eigenvalue weighted by Crippen LogP contribution is 2.70. The Labute approximate surface area is 343 Å². The maximum absolute atomic E-state index is 15.4. The highest BCUT2D eigenvalue weighted by atomic mass is 19.3. The lowest BCUT2D eigenvalue weighted by Gasteiger charge is -2.63. The Hall–Kier alpha value is -4.11. The average Bonchev–Trinajstić information content (AvgIpc) is 3.86. The van der Waals surface area contributed by atoms with Crippen molar-refractivity contribution >= 4 is 29.1 Å². The fourth-order valence-corrected chi connectivity index (χ4v) is 13.6. The van der Waals surface area contributed by atoms with E-state index in [4.69, 9.17) is 18.9 Å². The van der Waals surface area contributed by atoms with Gasteiger partial charge in [0.05, 0.1) is 26.4 Å². The molecule has 318 valence electrons. The zero-order valence-electron chi connectivity index (χ0n) is 34.9. The summed E-state index contributed by atoms with van der Waals surface area (Å²) in [6.45, 7) is 6.66. The number of carbonyl (C=O) groups excluding carboxylic acids is 3. The molecule has 2 aliphatic carbocycles. The van der Waals surface area contributed by atoms with E-state index in [1.807, 2.05) is 55.3 Å². The summed E-state index contributed by atoms with van der Waals surface area (Å²) in [5, 5.41) is 13.8. The summed E-state index contributed by atoms with van der Waals surface area (Å²) in [5.74, 6) is -5.35. The molecule has 5 aliphatic heterocycles. The lowest BCUT2D eigenvalue weighted by atomic mass is 9.47. The van der Waals surface area contributed by atoms with E-state index in [1.54, 1.807) is 14.2 Å². The van der Waals surface area contributed by atoms with E-state index in [9.17, 15) is 14.7 Å². The molecule has 1 saturated carbocycles. The number of benzene rings is 1. The van der Waals surface area contributed by atoms with Gasteiger partial charge in [-0.25, -0.2) is 8.78 Å². The average molecular weight is 819 g/mol. The van der Waals surface area contributed by atoms with Crippen LogP contribution in [-0.2, 0) is 40.6 Å². The van der Waals surface area contributed by atoms with Crippen molar-refractivity contribution in [1.82, 2.24) is 19.7 Å². The molecule has 1 aromatic heterocycles. The van der Waals surface area contributed by atoms with E-state index in [1.165, 1.54) is 14.0 Å². The van der Waals surface area contributed by atoms with Gasteiger partial charge in [-0.05, 0) is 80.5 Å². The number of nitrogens with one attached hydrogen (secondary N) is 1.